The molecular formula is C49H34N2. The van der Waals surface area contributed by atoms with E-state index < -0.39 is 5.41 Å². The van der Waals surface area contributed by atoms with Crippen molar-refractivity contribution in [2.45, 2.75) is 5.41 Å². The summed E-state index contributed by atoms with van der Waals surface area (Å²) in [6.45, 7) is 0. The summed E-state index contributed by atoms with van der Waals surface area (Å²) in [7, 11) is 0. The number of hydrogen-bond donors (Lipinski definition) is 1. The van der Waals surface area contributed by atoms with E-state index in [0.29, 0.717) is 0 Å². The molecule has 2 nitrogen and oxygen atoms in total. The Labute approximate surface area is 297 Å². The minimum Gasteiger partial charge on any atom is -0.356 e. The van der Waals surface area contributed by atoms with Gasteiger partial charge in [-0.3, -0.25) is 0 Å². The van der Waals surface area contributed by atoms with E-state index in [4.69, 9.17) is 0 Å². The van der Waals surface area contributed by atoms with Crippen molar-refractivity contribution in [3.05, 3.63) is 222 Å². The number of para-hydroxylation sites is 2. The highest BCUT2D eigenvalue weighted by molar-refractivity contribution is 6.10. The molecule has 51 heavy (non-hydrogen) atoms. The first-order valence-electron chi connectivity index (χ1n) is 17.6. The quantitative estimate of drug-likeness (QED) is 0.189. The number of nitrogens with zero attached hydrogens (tertiary/aromatic N) is 1. The molecule has 0 atom stereocenters. The van der Waals surface area contributed by atoms with Crippen LogP contribution in [-0.4, -0.2) is 4.57 Å². The Morgan fingerprint density at radius 2 is 0.941 bits per heavy atom. The molecule has 0 bridgehead atoms. The molecule has 0 unspecified atom stereocenters. The van der Waals surface area contributed by atoms with Crippen LogP contribution in [0.2, 0.25) is 0 Å². The maximum atomic E-state index is 3.75. The molecule has 240 valence electrons. The van der Waals surface area contributed by atoms with Gasteiger partial charge in [0.1, 0.15) is 0 Å². The Hall–Kier alpha value is -6.64. The van der Waals surface area contributed by atoms with Gasteiger partial charge >= 0.3 is 0 Å². The van der Waals surface area contributed by atoms with E-state index >= 15 is 0 Å². The van der Waals surface area contributed by atoms with E-state index in [2.05, 4.69) is 210 Å². The predicted molar refractivity (Wildman–Crippen MR) is 213 cm³/mol. The summed E-state index contributed by atoms with van der Waals surface area (Å²) in [5, 5.41) is 6.28. The zero-order valence-corrected chi connectivity index (χ0v) is 28.0. The third kappa shape index (κ3) is 4.57. The van der Waals surface area contributed by atoms with Gasteiger partial charge in [-0.25, -0.2) is 0 Å². The summed E-state index contributed by atoms with van der Waals surface area (Å²) >= 11 is 0. The summed E-state index contributed by atoms with van der Waals surface area (Å²) in [6, 6.07) is 72.7. The van der Waals surface area contributed by atoms with Gasteiger partial charge < -0.3 is 9.88 Å². The SMILES string of the molecule is c1ccc(-n2c3ccccc3c3ccc(-c4ccc(Nc5ccc6c(c5)C(c5ccccc5)(c5ccccc5)c5ccccc5-6)cc4)cc32)cc1. The average molecular weight is 651 g/mol. The van der Waals surface area contributed by atoms with Crippen molar-refractivity contribution in [2.24, 2.45) is 0 Å². The molecule has 1 aromatic heterocycles. The smallest absolute Gasteiger partial charge is 0.0714 e. The molecule has 0 aliphatic heterocycles. The summed E-state index contributed by atoms with van der Waals surface area (Å²) in [5.74, 6) is 0. The number of nitrogens with one attached hydrogen (secondary N) is 1. The molecule has 1 N–H and O–H groups in total. The van der Waals surface area contributed by atoms with Crippen LogP contribution >= 0.6 is 0 Å². The van der Waals surface area contributed by atoms with Crippen LogP contribution in [0.5, 0.6) is 0 Å². The van der Waals surface area contributed by atoms with Gasteiger partial charge in [0.15, 0.2) is 0 Å². The molecule has 0 amide bonds. The van der Waals surface area contributed by atoms with Crippen LogP contribution in [0, 0.1) is 0 Å². The molecule has 8 aromatic carbocycles. The van der Waals surface area contributed by atoms with Gasteiger partial charge in [0.05, 0.1) is 16.4 Å². The standard InChI is InChI=1S/C49H34N2/c1-4-14-36(15-5-1)49(37-16-6-2-7-17-37)45-22-12-10-20-41(45)42-31-29-39(33-46(42)49)50-38-27-24-34(25-28-38)35-26-30-44-43-21-11-13-23-47(43)51(48(44)32-35)40-18-8-3-9-19-40/h1-33,50H. The van der Waals surface area contributed by atoms with Gasteiger partial charge in [-0.05, 0) is 93.0 Å². The Morgan fingerprint density at radius 3 is 1.69 bits per heavy atom. The lowest BCUT2D eigenvalue weighted by Gasteiger charge is -2.34. The highest BCUT2D eigenvalue weighted by atomic mass is 15.0. The first-order valence-corrected chi connectivity index (χ1v) is 17.6. The maximum Gasteiger partial charge on any atom is 0.0714 e. The van der Waals surface area contributed by atoms with Crippen LogP contribution in [0.3, 0.4) is 0 Å². The molecule has 1 aliphatic carbocycles. The van der Waals surface area contributed by atoms with Crippen LogP contribution in [0.4, 0.5) is 11.4 Å². The Morgan fingerprint density at radius 1 is 0.373 bits per heavy atom. The van der Waals surface area contributed by atoms with Gasteiger partial charge in [-0.1, -0.05) is 152 Å². The van der Waals surface area contributed by atoms with Crippen molar-refractivity contribution >= 4 is 33.2 Å². The minimum absolute atomic E-state index is 0.420. The molecule has 1 aliphatic rings. The lowest BCUT2D eigenvalue weighted by molar-refractivity contribution is 0.769. The van der Waals surface area contributed by atoms with Crippen molar-refractivity contribution in [1.82, 2.24) is 4.57 Å². The second-order valence-electron chi connectivity index (χ2n) is 13.4. The van der Waals surface area contributed by atoms with Crippen molar-refractivity contribution in [3.63, 3.8) is 0 Å². The number of hydrogen-bond acceptors (Lipinski definition) is 1. The Balaban J connectivity index is 1.03. The first-order chi connectivity index (χ1) is 25.3. The summed E-state index contributed by atoms with van der Waals surface area (Å²) in [4.78, 5) is 0. The van der Waals surface area contributed by atoms with E-state index in [0.717, 1.165) is 11.4 Å². The Kier molecular flexibility index (Phi) is 6.75. The lowest BCUT2D eigenvalue weighted by atomic mass is 9.67. The molecule has 2 heteroatoms. The molecule has 0 radical (unpaired) electrons. The zero-order valence-electron chi connectivity index (χ0n) is 28.0. The third-order valence-electron chi connectivity index (χ3n) is 10.7. The third-order valence-corrected chi connectivity index (χ3v) is 10.7. The monoisotopic (exact) mass is 650 g/mol. The van der Waals surface area contributed by atoms with Gasteiger partial charge in [0.25, 0.3) is 0 Å². The molecule has 0 spiro atoms. The topological polar surface area (TPSA) is 17.0 Å². The predicted octanol–water partition coefficient (Wildman–Crippen LogP) is 12.6. The normalized spacial score (nSPS) is 12.9. The second kappa shape index (κ2) is 11.8. The van der Waals surface area contributed by atoms with Gasteiger partial charge in [-0.15, -0.1) is 0 Å². The van der Waals surface area contributed by atoms with Crippen LogP contribution in [0.25, 0.3) is 49.7 Å². The van der Waals surface area contributed by atoms with E-state index in [1.807, 2.05) is 0 Å². The molecule has 0 fully saturated rings. The minimum atomic E-state index is -0.420. The van der Waals surface area contributed by atoms with E-state index in [1.165, 1.54) is 72.0 Å². The molecule has 1 heterocycles. The first kappa shape index (κ1) is 29.3. The van der Waals surface area contributed by atoms with Crippen LogP contribution in [-0.2, 0) is 5.41 Å². The van der Waals surface area contributed by atoms with Crippen LogP contribution < -0.4 is 5.32 Å². The van der Waals surface area contributed by atoms with Gasteiger partial charge in [0.2, 0.25) is 0 Å². The second-order valence-corrected chi connectivity index (χ2v) is 13.4. The molecule has 0 saturated carbocycles. The molecule has 0 saturated heterocycles. The van der Waals surface area contributed by atoms with E-state index in [-0.39, 0.29) is 0 Å². The fourth-order valence-electron chi connectivity index (χ4n) is 8.44. The number of fused-ring (bicyclic) bond motifs is 6. The van der Waals surface area contributed by atoms with Crippen molar-refractivity contribution in [3.8, 4) is 27.9 Å². The number of benzene rings is 8. The highest BCUT2D eigenvalue weighted by Crippen LogP contribution is 2.56. The largest absolute Gasteiger partial charge is 0.356 e. The molecule has 9 aromatic rings. The number of rotatable bonds is 6. The number of anilines is 2. The summed E-state index contributed by atoms with van der Waals surface area (Å²) in [6.07, 6.45) is 0. The van der Waals surface area contributed by atoms with Crippen molar-refractivity contribution in [2.75, 3.05) is 5.32 Å². The summed E-state index contributed by atoms with van der Waals surface area (Å²) in [5.41, 5.74) is 15.4. The lowest BCUT2D eigenvalue weighted by Crippen LogP contribution is -2.28. The Bertz CT molecular complexity index is 2650. The van der Waals surface area contributed by atoms with Gasteiger partial charge in [0, 0.05) is 27.8 Å². The maximum absolute atomic E-state index is 3.75. The van der Waals surface area contributed by atoms with Crippen LogP contribution in [0.15, 0.2) is 200 Å². The summed E-state index contributed by atoms with van der Waals surface area (Å²) < 4.78 is 2.38. The van der Waals surface area contributed by atoms with Gasteiger partial charge in [-0.2, -0.15) is 0 Å². The fourth-order valence-corrected chi connectivity index (χ4v) is 8.44. The molecular weight excluding hydrogens is 617 g/mol. The highest BCUT2D eigenvalue weighted by Gasteiger charge is 2.46. The fraction of sp³-hybridized carbons (Fsp3) is 0.0204. The van der Waals surface area contributed by atoms with Crippen molar-refractivity contribution < 1.29 is 0 Å². The van der Waals surface area contributed by atoms with Crippen molar-refractivity contribution in [1.29, 1.82) is 0 Å². The average Bonchev–Trinajstić information content (AvgIpc) is 3.69. The van der Waals surface area contributed by atoms with E-state index in [1.54, 1.807) is 0 Å². The van der Waals surface area contributed by atoms with E-state index in [9.17, 15) is 0 Å². The number of aromatic nitrogens is 1. The molecule has 10 rings (SSSR count). The van der Waals surface area contributed by atoms with Crippen LogP contribution in [0.1, 0.15) is 22.3 Å². The zero-order chi connectivity index (χ0) is 33.8.